The van der Waals surface area contributed by atoms with Crippen LogP contribution in [0.3, 0.4) is 0 Å². The number of ether oxygens (including phenoxy) is 1. The predicted molar refractivity (Wildman–Crippen MR) is 297 cm³/mol. The van der Waals surface area contributed by atoms with Crippen molar-refractivity contribution in [1.29, 1.82) is 0 Å². The Balaban J connectivity index is 0.00000752. The number of fused-ring (bicyclic) bond motifs is 3. The summed E-state index contributed by atoms with van der Waals surface area (Å²) in [6, 6.07) is 44.1. The van der Waals surface area contributed by atoms with Gasteiger partial charge in [-0.3, -0.25) is 0 Å². The van der Waals surface area contributed by atoms with E-state index in [-0.39, 0.29) is 65.9 Å². The van der Waals surface area contributed by atoms with Gasteiger partial charge in [0.25, 0.3) is 12.4 Å². The molecule has 3 aromatic heterocycles. The quantitative estimate of drug-likeness (QED) is 0.101. The van der Waals surface area contributed by atoms with Crippen LogP contribution in [0, 0.1) is 32.9 Å². The molecule has 0 fully saturated rings. The van der Waals surface area contributed by atoms with Crippen molar-refractivity contribution in [2.75, 3.05) is 0 Å². The SMILES string of the molecule is [2H]c1c([2H])c([2H])c(-c2c(C)c(C)c(C)c(-c3c([2H])c([2H])c([2H])c([2H])c3[2H])c2[N+]2=C=[N+](c3[c-]c(Oc4[c-]c5c(cc4-c4nc(-c6ccccc6)nc(-c6ccccc6)n4)c4ccccc4n5-c4cc(C(C)(C)C)ccn4)ccc3)C=C2)c([2H])c1[2H].[Pt+2]. The molecule has 0 aliphatic carbocycles. The fourth-order valence-electron chi connectivity index (χ4n) is 9.40. The van der Waals surface area contributed by atoms with Gasteiger partial charge in [0.15, 0.2) is 11.6 Å². The Labute approximate surface area is 465 Å². The van der Waals surface area contributed by atoms with Crippen molar-refractivity contribution in [2.24, 2.45) is 0 Å². The molecule has 11 aromatic rings. The van der Waals surface area contributed by atoms with Crippen LogP contribution in [0.1, 0.15) is 56.7 Å². The zero-order chi connectivity index (χ0) is 59.2. The molecule has 8 aromatic carbocycles. The molecule has 364 valence electrons. The van der Waals surface area contributed by atoms with Gasteiger partial charge in [0.2, 0.25) is 5.69 Å². The molecular formula is C66H51N7OPt+2. The molecule has 4 heterocycles. The number of aromatic nitrogens is 5. The first-order chi connectivity index (χ1) is 40.2. The van der Waals surface area contributed by atoms with Crippen molar-refractivity contribution in [1.82, 2.24) is 24.5 Å². The van der Waals surface area contributed by atoms with E-state index in [4.69, 9.17) is 32.9 Å². The van der Waals surface area contributed by atoms with Gasteiger partial charge in [0, 0.05) is 34.3 Å². The zero-order valence-corrected chi connectivity index (χ0v) is 43.9. The number of nitrogens with zero attached hydrogens (tertiary/aromatic N) is 7. The summed E-state index contributed by atoms with van der Waals surface area (Å²) in [6.45, 7) is 11.8. The Bertz CT molecular complexity index is 4500. The van der Waals surface area contributed by atoms with E-state index >= 15 is 0 Å². The summed E-state index contributed by atoms with van der Waals surface area (Å²) < 4.78 is 101. The summed E-state index contributed by atoms with van der Waals surface area (Å²) in [7, 11) is 0. The predicted octanol–water partition coefficient (Wildman–Crippen LogP) is 16.0. The Kier molecular flexibility index (Phi) is 10.1. The molecule has 75 heavy (non-hydrogen) atoms. The van der Waals surface area contributed by atoms with E-state index in [1.807, 2.05) is 91.1 Å². The number of hydrogen-bond acceptors (Lipinski definition) is 5. The number of pyridine rings is 1. The molecule has 1 aliphatic rings. The van der Waals surface area contributed by atoms with Crippen molar-refractivity contribution in [3.63, 3.8) is 0 Å². The van der Waals surface area contributed by atoms with Crippen LogP contribution >= 0.6 is 0 Å². The van der Waals surface area contributed by atoms with Crippen LogP contribution in [-0.2, 0) is 26.5 Å². The first-order valence-electron chi connectivity index (χ1n) is 29.1. The van der Waals surface area contributed by atoms with Gasteiger partial charge in [0.05, 0.1) is 24.8 Å². The molecule has 0 bridgehead atoms. The first-order valence-corrected chi connectivity index (χ1v) is 24.1. The topological polar surface area (TPSA) is 71.7 Å². The van der Waals surface area contributed by atoms with E-state index in [0.29, 0.717) is 56.7 Å². The fraction of sp³-hybridized carbons (Fsp3) is 0.106. The first kappa shape index (κ1) is 38.0. The maximum atomic E-state index is 9.20. The molecule has 0 unspecified atom stereocenters. The molecule has 8 nitrogen and oxygen atoms in total. The summed E-state index contributed by atoms with van der Waals surface area (Å²) in [5, 5.41) is 1.78. The number of rotatable bonds is 10. The third-order valence-electron chi connectivity index (χ3n) is 13.4. The van der Waals surface area contributed by atoms with Gasteiger partial charge in [-0.05, 0) is 88.7 Å². The van der Waals surface area contributed by atoms with E-state index in [1.54, 1.807) is 60.5 Å². The molecule has 0 N–H and O–H groups in total. The van der Waals surface area contributed by atoms with Gasteiger partial charge in [0.1, 0.15) is 17.3 Å². The van der Waals surface area contributed by atoms with Crippen LogP contribution in [0.25, 0.3) is 84.0 Å². The molecular weight excluding hydrogens is 1100 g/mol. The molecule has 0 saturated carbocycles. The Hall–Kier alpha value is -8.67. The van der Waals surface area contributed by atoms with E-state index in [0.717, 1.165) is 33.0 Å². The van der Waals surface area contributed by atoms with Gasteiger partial charge in [-0.15, -0.1) is 23.6 Å². The maximum Gasteiger partial charge on any atom is 2.00 e. The number of para-hydroxylation sites is 1. The summed E-state index contributed by atoms with van der Waals surface area (Å²) in [5.74, 6) is 2.43. The monoisotopic (exact) mass is 1160 g/mol. The standard InChI is InChI=1S/C66H51N7O.Pt/c1-43-44(2)60(46-22-11-7-12-23-46)62(61(45(43)3)47-24-13-8-14-25-47)72-37-36-71(42-72)51-30-21-31-52(39-51)74-58-41-57-54(53-32-19-20-33-56(53)73(57)59-38-50(34-35-67-59)66(4,5)6)40-55(58)65-69-63(48-26-15-9-16-27-48)68-64(70-65)49-28-17-10-18-29-49;/h7-38,40H,1-6H3;/q;+2/i7D,8D,11D,12D,13D,14D,22D,23D,24D,25D;. The summed E-state index contributed by atoms with van der Waals surface area (Å²) in [4.78, 5) is 20.2. The van der Waals surface area contributed by atoms with Crippen LogP contribution in [0.4, 0.5) is 11.4 Å². The van der Waals surface area contributed by atoms with Gasteiger partial charge in [-0.25, -0.2) is 19.9 Å². The van der Waals surface area contributed by atoms with Crippen LogP contribution < -0.4 is 4.74 Å². The molecule has 12 rings (SSSR count). The summed E-state index contributed by atoms with van der Waals surface area (Å²) in [5.41, 5.74) is 6.98. The minimum absolute atomic E-state index is 0. The maximum absolute atomic E-state index is 9.20. The third-order valence-corrected chi connectivity index (χ3v) is 13.4. The van der Waals surface area contributed by atoms with E-state index in [2.05, 4.69) is 61.7 Å². The van der Waals surface area contributed by atoms with Gasteiger partial charge in [-0.1, -0.05) is 187 Å². The normalized spacial score (nSPS) is 14.1. The molecule has 1 aliphatic heterocycles. The number of hydrogen-bond donors (Lipinski definition) is 0. The minimum atomic E-state index is -0.581. The summed E-state index contributed by atoms with van der Waals surface area (Å²) in [6.07, 6.45) is 5.14. The zero-order valence-electron chi connectivity index (χ0n) is 51.6. The molecule has 0 atom stereocenters. The molecule has 0 spiro atoms. The van der Waals surface area contributed by atoms with Crippen LogP contribution in [0.15, 0.2) is 200 Å². The van der Waals surface area contributed by atoms with Crippen LogP contribution in [0.5, 0.6) is 11.5 Å². The second-order valence-electron chi connectivity index (χ2n) is 18.9. The second-order valence-corrected chi connectivity index (χ2v) is 18.9. The molecule has 0 amide bonds. The minimum Gasteiger partial charge on any atom is -0.508 e. The van der Waals surface area contributed by atoms with Crippen LogP contribution in [0.2, 0.25) is 0 Å². The second kappa shape index (κ2) is 20.0. The third kappa shape index (κ3) is 9.14. The summed E-state index contributed by atoms with van der Waals surface area (Å²) >= 11 is 0. The average molecular weight is 1160 g/mol. The van der Waals surface area contributed by atoms with Crippen molar-refractivity contribution < 1.29 is 48.7 Å². The van der Waals surface area contributed by atoms with Gasteiger partial charge in [-0.2, -0.15) is 6.07 Å². The van der Waals surface area contributed by atoms with E-state index < -0.39 is 60.4 Å². The van der Waals surface area contributed by atoms with Crippen LogP contribution in [-0.4, -0.2) is 39.7 Å². The average Bonchev–Trinajstić information content (AvgIpc) is 1.81. The molecule has 0 radical (unpaired) electrons. The number of benzene rings is 8. The van der Waals surface area contributed by atoms with Gasteiger partial charge >= 0.3 is 27.1 Å². The van der Waals surface area contributed by atoms with Crippen molar-refractivity contribution in [2.45, 2.75) is 47.0 Å². The van der Waals surface area contributed by atoms with E-state index in [9.17, 15) is 5.48 Å². The Morgan fingerprint density at radius 3 is 1.80 bits per heavy atom. The van der Waals surface area contributed by atoms with Crippen molar-refractivity contribution in [3.8, 4) is 73.7 Å². The molecule has 0 saturated heterocycles. The van der Waals surface area contributed by atoms with Crippen molar-refractivity contribution >= 4 is 39.2 Å². The smallest absolute Gasteiger partial charge is 0.508 e. The van der Waals surface area contributed by atoms with Crippen molar-refractivity contribution in [3.05, 3.63) is 235 Å². The largest absolute Gasteiger partial charge is 2.00 e. The molecule has 9 heteroatoms. The Morgan fingerprint density at radius 1 is 0.587 bits per heavy atom. The van der Waals surface area contributed by atoms with E-state index in [1.165, 1.54) is 0 Å². The van der Waals surface area contributed by atoms with Gasteiger partial charge < -0.3 is 9.30 Å². The fourth-order valence-corrected chi connectivity index (χ4v) is 9.40. The Morgan fingerprint density at radius 2 is 1.17 bits per heavy atom.